The number of benzene rings is 1. The number of thiazole rings is 1. The van der Waals surface area contributed by atoms with Gasteiger partial charge in [0.1, 0.15) is 10.6 Å². The molecule has 0 spiro atoms. The number of phenols is 1. The zero-order valence-electron chi connectivity index (χ0n) is 16.1. The van der Waals surface area contributed by atoms with Crippen molar-refractivity contribution in [2.75, 3.05) is 10.6 Å². The summed E-state index contributed by atoms with van der Waals surface area (Å²) in [4.78, 5) is 17.2. The molecule has 0 saturated carbocycles. The van der Waals surface area contributed by atoms with Gasteiger partial charge >= 0.3 is 0 Å². The highest BCUT2D eigenvalue weighted by atomic mass is 32.1. The first-order valence-corrected chi connectivity index (χ1v) is 9.62. The summed E-state index contributed by atoms with van der Waals surface area (Å²) in [6.07, 6.45) is 1.00. The third kappa shape index (κ3) is 4.32. The number of carbonyl (C=O) groups is 1. The van der Waals surface area contributed by atoms with Crippen molar-refractivity contribution in [2.24, 2.45) is 0 Å². The third-order valence-corrected chi connectivity index (χ3v) is 5.18. The smallest absolute Gasteiger partial charge is 0.267 e. The Bertz CT molecular complexity index is 1010. The van der Waals surface area contributed by atoms with Crippen molar-refractivity contribution in [2.45, 2.75) is 40.3 Å². The zero-order valence-corrected chi connectivity index (χ0v) is 17.0. The maximum atomic E-state index is 12.6. The lowest BCUT2D eigenvalue weighted by molar-refractivity contribution is 0.103. The Morgan fingerprint density at radius 3 is 2.79 bits per heavy atom. The van der Waals surface area contributed by atoms with Crippen molar-refractivity contribution in [3.05, 3.63) is 46.1 Å². The van der Waals surface area contributed by atoms with Crippen LogP contribution in [0.4, 0.5) is 16.6 Å². The van der Waals surface area contributed by atoms with Crippen LogP contribution >= 0.6 is 11.3 Å². The number of hydrogen-bond acceptors (Lipinski definition) is 7. The van der Waals surface area contributed by atoms with Crippen molar-refractivity contribution in [1.29, 1.82) is 0 Å². The predicted octanol–water partition coefficient (Wildman–Crippen LogP) is 3.35. The van der Waals surface area contributed by atoms with Gasteiger partial charge in [0.15, 0.2) is 10.9 Å². The molecular formula is C19H23N5O3S. The molecule has 0 saturated heterocycles. The minimum absolute atomic E-state index is 0.135. The molecule has 1 unspecified atom stereocenters. The highest BCUT2D eigenvalue weighted by Crippen LogP contribution is 2.29. The SMILES string of the molecule is Cc1ccc(O)c(C)c1NC(=O)c1cnc(Nc2cc(C)n(CC(C)O)n2)s1. The van der Waals surface area contributed by atoms with Gasteiger partial charge in [0, 0.05) is 17.3 Å². The molecule has 3 aromatic rings. The van der Waals surface area contributed by atoms with Crippen LogP contribution in [0, 0.1) is 20.8 Å². The Balaban J connectivity index is 1.72. The fraction of sp³-hybridized carbons (Fsp3) is 0.316. The molecule has 1 amide bonds. The molecule has 28 heavy (non-hydrogen) atoms. The van der Waals surface area contributed by atoms with E-state index in [1.54, 1.807) is 30.7 Å². The molecule has 0 aliphatic heterocycles. The molecule has 2 heterocycles. The minimum atomic E-state index is -0.494. The average molecular weight is 401 g/mol. The van der Waals surface area contributed by atoms with Gasteiger partial charge in [-0.05, 0) is 39.3 Å². The van der Waals surface area contributed by atoms with Gasteiger partial charge < -0.3 is 20.8 Å². The van der Waals surface area contributed by atoms with Gasteiger partial charge in [-0.3, -0.25) is 9.48 Å². The molecule has 8 nitrogen and oxygen atoms in total. The van der Waals surface area contributed by atoms with E-state index in [-0.39, 0.29) is 11.7 Å². The van der Waals surface area contributed by atoms with E-state index < -0.39 is 6.10 Å². The number of aryl methyl sites for hydroxylation is 2. The molecule has 0 fully saturated rings. The Morgan fingerprint density at radius 2 is 2.07 bits per heavy atom. The normalized spacial score (nSPS) is 12.0. The van der Waals surface area contributed by atoms with E-state index in [1.165, 1.54) is 17.5 Å². The summed E-state index contributed by atoms with van der Waals surface area (Å²) in [6.45, 7) is 7.63. The topological polar surface area (TPSA) is 112 Å². The predicted molar refractivity (Wildman–Crippen MR) is 110 cm³/mol. The van der Waals surface area contributed by atoms with Gasteiger partial charge in [-0.1, -0.05) is 17.4 Å². The van der Waals surface area contributed by atoms with Gasteiger partial charge in [0.25, 0.3) is 5.91 Å². The number of phenolic OH excluding ortho intramolecular Hbond substituents is 1. The van der Waals surface area contributed by atoms with Crippen molar-refractivity contribution in [3.8, 4) is 5.75 Å². The standard InChI is InChI=1S/C19H23N5O3S/c1-10-5-6-14(26)13(4)17(10)22-18(27)15-8-20-19(28-15)21-16-7-11(2)24(23-16)9-12(3)25/h5-8,12,25-26H,9H2,1-4H3,(H,22,27)(H,20,21,23). The number of carbonyl (C=O) groups excluding carboxylic acids is 1. The summed E-state index contributed by atoms with van der Waals surface area (Å²) in [5, 5.41) is 30.2. The monoisotopic (exact) mass is 401 g/mol. The van der Waals surface area contributed by atoms with Crippen LogP contribution < -0.4 is 10.6 Å². The highest BCUT2D eigenvalue weighted by molar-refractivity contribution is 7.17. The lowest BCUT2D eigenvalue weighted by Gasteiger charge is -2.11. The van der Waals surface area contributed by atoms with Crippen LogP contribution in [0.3, 0.4) is 0 Å². The molecular weight excluding hydrogens is 378 g/mol. The second-order valence-corrected chi connectivity index (χ2v) is 7.74. The van der Waals surface area contributed by atoms with E-state index in [0.29, 0.717) is 33.6 Å². The van der Waals surface area contributed by atoms with Gasteiger partial charge in [-0.2, -0.15) is 5.10 Å². The van der Waals surface area contributed by atoms with Crippen LogP contribution in [0.15, 0.2) is 24.4 Å². The van der Waals surface area contributed by atoms with Gasteiger partial charge in [-0.15, -0.1) is 0 Å². The molecule has 4 N–H and O–H groups in total. The van der Waals surface area contributed by atoms with E-state index in [0.717, 1.165) is 11.3 Å². The second-order valence-electron chi connectivity index (χ2n) is 6.71. The van der Waals surface area contributed by atoms with E-state index >= 15 is 0 Å². The quantitative estimate of drug-likeness (QED) is 0.504. The minimum Gasteiger partial charge on any atom is -0.508 e. The molecule has 0 aliphatic carbocycles. The number of amides is 1. The molecule has 2 aromatic heterocycles. The molecule has 1 atom stereocenters. The van der Waals surface area contributed by atoms with Crippen LogP contribution in [0.2, 0.25) is 0 Å². The molecule has 9 heteroatoms. The lowest BCUT2D eigenvalue weighted by atomic mass is 10.1. The summed E-state index contributed by atoms with van der Waals surface area (Å²) in [6, 6.07) is 5.21. The second kappa shape index (κ2) is 7.99. The van der Waals surface area contributed by atoms with Gasteiger partial charge in [0.05, 0.1) is 24.5 Å². The molecule has 1 aromatic carbocycles. The van der Waals surface area contributed by atoms with Crippen molar-refractivity contribution < 1.29 is 15.0 Å². The average Bonchev–Trinajstić information content (AvgIpc) is 3.22. The number of aromatic nitrogens is 3. The van der Waals surface area contributed by atoms with E-state index in [2.05, 4.69) is 20.7 Å². The summed E-state index contributed by atoms with van der Waals surface area (Å²) in [5.74, 6) is 0.438. The first-order chi connectivity index (χ1) is 13.2. The molecule has 0 bridgehead atoms. The van der Waals surface area contributed by atoms with Crippen LogP contribution in [-0.2, 0) is 6.54 Å². The molecule has 0 aliphatic rings. The van der Waals surface area contributed by atoms with E-state index in [9.17, 15) is 15.0 Å². The van der Waals surface area contributed by atoms with Crippen LogP contribution in [-0.4, -0.2) is 37.0 Å². The Morgan fingerprint density at radius 1 is 1.32 bits per heavy atom. The number of anilines is 3. The van der Waals surface area contributed by atoms with E-state index in [4.69, 9.17) is 0 Å². The van der Waals surface area contributed by atoms with Crippen LogP contribution in [0.5, 0.6) is 5.75 Å². The molecule has 148 valence electrons. The Labute approximate surface area is 166 Å². The number of aliphatic hydroxyl groups is 1. The first kappa shape index (κ1) is 19.8. The number of rotatable bonds is 6. The number of hydrogen-bond donors (Lipinski definition) is 4. The fourth-order valence-electron chi connectivity index (χ4n) is 2.76. The number of nitrogens with zero attached hydrogens (tertiary/aromatic N) is 3. The third-order valence-electron chi connectivity index (χ3n) is 4.27. The van der Waals surface area contributed by atoms with Crippen molar-refractivity contribution >= 4 is 33.9 Å². The summed E-state index contributed by atoms with van der Waals surface area (Å²) >= 11 is 1.20. The van der Waals surface area contributed by atoms with Gasteiger partial charge in [0.2, 0.25) is 0 Å². The summed E-state index contributed by atoms with van der Waals surface area (Å²) in [5.41, 5.74) is 2.99. The fourth-order valence-corrected chi connectivity index (χ4v) is 3.47. The zero-order chi connectivity index (χ0) is 20.4. The maximum Gasteiger partial charge on any atom is 0.267 e. The molecule has 0 radical (unpaired) electrons. The highest BCUT2D eigenvalue weighted by Gasteiger charge is 2.15. The first-order valence-electron chi connectivity index (χ1n) is 8.80. The molecule has 3 rings (SSSR count). The van der Waals surface area contributed by atoms with Crippen molar-refractivity contribution in [1.82, 2.24) is 14.8 Å². The van der Waals surface area contributed by atoms with E-state index in [1.807, 2.05) is 19.9 Å². The summed E-state index contributed by atoms with van der Waals surface area (Å²) in [7, 11) is 0. The number of nitrogens with one attached hydrogen (secondary N) is 2. The lowest BCUT2D eigenvalue weighted by Crippen LogP contribution is -2.14. The Hall–Kier alpha value is -2.91. The largest absolute Gasteiger partial charge is 0.508 e. The summed E-state index contributed by atoms with van der Waals surface area (Å²) < 4.78 is 1.71. The van der Waals surface area contributed by atoms with Crippen LogP contribution in [0.1, 0.15) is 33.4 Å². The van der Waals surface area contributed by atoms with Crippen molar-refractivity contribution in [3.63, 3.8) is 0 Å². The number of aromatic hydroxyl groups is 1. The number of aliphatic hydroxyl groups excluding tert-OH is 1. The maximum absolute atomic E-state index is 12.6. The van der Waals surface area contributed by atoms with Gasteiger partial charge in [-0.25, -0.2) is 4.98 Å². The van der Waals surface area contributed by atoms with Crippen LogP contribution in [0.25, 0.3) is 0 Å². The Kier molecular flexibility index (Phi) is 5.66.